The van der Waals surface area contributed by atoms with Crippen LogP contribution in [0.4, 0.5) is 0 Å². The molecule has 1 saturated carbocycles. The Hall–Kier alpha value is -2.24. The monoisotopic (exact) mass is 432 g/mol. The Bertz CT molecular complexity index is 818. The molecule has 0 heterocycles. The Balaban J connectivity index is 2.66. The van der Waals surface area contributed by atoms with Crippen LogP contribution < -0.4 is 0 Å². The summed E-state index contributed by atoms with van der Waals surface area (Å²) in [6.45, 7) is 12.3. The van der Waals surface area contributed by atoms with Crippen LogP contribution in [-0.2, 0) is 28.7 Å². The molecule has 1 fully saturated rings. The fourth-order valence-electron chi connectivity index (χ4n) is 4.65. The number of Topliss-reactive ketones (excluding diaryl/α,β-unsaturated/α-hetero) is 2. The maximum Gasteiger partial charge on any atom is 0.305 e. The first-order chi connectivity index (χ1) is 14.3. The number of hydrogen-bond acceptors (Lipinski definition) is 6. The summed E-state index contributed by atoms with van der Waals surface area (Å²) in [5.74, 6) is -1.84. The van der Waals surface area contributed by atoms with Gasteiger partial charge >= 0.3 is 11.9 Å². The molecule has 2 aliphatic rings. The molecule has 0 aromatic carbocycles. The van der Waals surface area contributed by atoms with E-state index < -0.39 is 29.0 Å². The van der Waals surface area contributed by atoms with Gasteiger partial charge in [0.2, 0.25) is 5.78 Å². The zero-order valence-electron chi connectivity index (χ0n) is 19.9. The van der Waals surface area contributed by atoms with Crippen molar-refractivity contribution >= 4 is 23.5 Å². The van der Waals surface area contributed by atoms with E-state index in [-0.39, 0.29) is 36.3 Å². The smallest absolute Gasteiger partial charge is 0.305 e. The fourth-order valence-corrected chi connectivity index (χ4v) is 4.65. The first-order valence-corrected chi connectivity index (χ1v) is 11.1. The second-order valence-corrected chi connectivity index (χ2v) is 9.74. The first kappa shape index (κ1) is 25.0. The van der Waals surface area contributed by atoms with Crippen molar-refractivity contribution in [3.63, 3.8) is 0 Å². The van der Waals surface area contributed by atoms with Crippen molar-refractivity contribution in [2.45, 2.75) is 92.3 Å². The number of hydrogen-bond donors (Lipinski definition) is 0. The number of ether oxygens (including phenoxy) is 2. The highest BCUT2D eigenvalue weighted by molar-refractivity contribution is 6.03. The number of allylic oxidation sites excluding steroid dienone is 2. The van der Waals surface area contributed by atoms with Gasteiger partial charge in [0.25, 0.3) is 0 Å². The van der Waals surface area contributed by atoms with Gasteiger partial charge in [-0.25, -0.2) is 0 Å². The standard InChI is InChI=1S/C25H36O6/c1-8-21(28)30-22-17(4)14-25(31-18(5)26)19(22)13-15(2)9-10-20(27)24(6,7)12-11-16(3)23(25)29/h11,13,17,19,22H,8-10,12,14H2,1-7H3/b15-13+,16-11+/t17-,19-,22-,25+/m0/s1. The van der Waals surface area contributed by atoms with Gasteiger partial charge in [0.05, 0.1) is 5.92 Å². The number of ketones is 2. The second kappa shape index (κ2) is 9.49. The highest BCUT2D eigenvalue weighted by Gasteiger charge is 2.60. The molecular weight excluding hydrogens is 396 g/mol. The minimum Gasteiger partial charge on any atom is -0.461 e. The minimum atomic E-state index is -1.43. The van der Waals surface area contributed by atoms with E-state index in [0.29, 0.717) is 24.8 Å². The van der Waals surface area contributed by atoms with Crippen LogP contribution in [0.2, 0.25) is 0 Å². The van der Waals surface area contributed by atoms with E-state index in [9.17, 15) is 19.2 Å². The van der Waals surface area contributed by atoms with E-state index in [1.807, 2.05) is 33.8 Å². The highest BCUT2D eigenvalue weighted by Crippen LogP contribution is 2.48. The van der Waals surface area contributed by atoms with Gasteiger partial charge in [-0.05, 0) is 38.2 Å². The maximum atomic E-state index is 13.7. The van der Waals surface area contributed by atoms with Gasteiger partial charge in [-0.2, -0.15) is 0 Å². The lowest BCUT2D eigenvalue weighted by molar-refractivity contribution is -0.170. The maximum absolute atomic E-state index is 13.7. The van der Waals surface area contributed by atoms with Crippen LogP contribution in [0.15, 0.2) is 23.3 Å². The Morgan fingerprint density at radius 2 is 1.81 bits per heavy atom. The number of esters is 2. The summed E-state index contributed by atoms with van der Waals surface area (Å²) in [5, 5.41) is 0. The van der Waals surface area contributed by atoms with Crippen LogP contribution in [-0.4, -0.2) is 35.2 Å². The molecule has 0 aromatic rings. The molecule has 0 bridgehead atoms. The quantitative estimate of drug-likeness (QED) is 0.482. The number of carbonyl (C=O) groups is 4. The number of rotatable bonds is 3. The van der Waals surface area contributed by atoms with Gasteiger partial charge in [0.1, 0.15) is 11.9 Å². The lowest BCUT2D eigenvalue weighted by Crippen LogP contribution is -2.48. The average Bonchev–Trinajstić information content (AvgIpc) is 2.93. The Morgan fingerprint density at radius 3 is 2.39 bits per heavy atom. The lowest BCUT2D eigenvalue weighted by Gasteiger charge is -2.34. The Morgan fingerprint density at radius 1 is 1.16 bits per heavy atom. The third-order valence-corrected chi connectivity index (χ3v) is 6.59. The summed E-state index contributed by atoms with van der Waals surface area (Å²) in [4.78, 5) is 50.8. The van der Waals surface area contributed by atoms with E-state index in [0.717, 1.165) is 5.57 Å². The molecule has 0 aromatic heterocycles. The molecule has 0 spiro atoms. The van der Waals surface area contributed by atoms with Crippen molar-refractivity contribution in [1.29, 1.82) is 0 Å². The third kappa shape index (κ3) is 5.34. The molecule has 0 unspecified atom stereocenters. The SMILES string of the molecule is CCC(=O)O[C@H]1[C@@H](C)C[C@]2(OC(C)=O)C(=O)/C(C)=C/CC(C)(C)C(=O)CC/C(C)=C/[C@@H]12. The van der Waals surface area contributed by atoms with Gasteiger partial charge in [0, 0.05) is 31.6 Å². The van der Waals surface area contributed by atoms with Gasteiger partial charge in [-0.15, -0.1) is 0 Å². The molecule has 0 radical (unpaired) electrons. The summed E-state index contributed by atoms with van der Waals surface area (Å²) in [6, 6.07) is 0. The molecule has 31 heavy (non-hydrogen) atoms. The molecular formula is C25H36O6. The largest absolute Gasteiger partial charge is 0.461 e. The van der Waals surface area contributed by atoms with Crippen molar-refractivity contribution in [3.8, 4) is 0 Å². The van der Waals surface area contributed by atoms with E-state index in [4.69, 9.17) is 9.47 Å². The Labute approximate surface area is 185 Å². The molecule has 0 saturated heterocycles. The van der Waals surface area contributed by atoms with E-state index >= 15 is 0 Å². The van der Waals surface area contributed by atoms with Crippen LogP contribution in [0.3, 0.4) is 0 Å². The second-order valence-electron chi connectivity index (χ2n) is 9.74. The predicted molar refractivity (Wildman–Crippen MR) is 117 cm³/mol. The summed E-state index contributed by atoms with van der Waals surface area (Å²) in [5.41, 5.74) is -0.656. The van der Waals surface area contributed by atoms with Gasteiger partial charge in [-0.3, -0.25) is 19.2 Å². The van der Waals surface area contributed by atoms with Gasteiger partial charge in [-0.1, -0.05) is 45.4 Å². The number of fused-ring (bicyclic) bond motifs is 1. The van der Waals surface area contributed by atoms with Crippen molar-refractivity contribution in [3.05, 3.63) is 23.3 Å². The van der Waals surface area contributed by atoms with Crippen molar-refractivity contribution in [2.75, 3.05) is 0 Å². The van der Waals surface area contributed by atoms with Crippen LogP contribution in [0.25, 0.3) is 0 Å². The molecule has 6 nitrogen and oxygen atoms in total. The third-order valence-electron chi connectivity index (χ3n) is 6.59. The molecule has 4 atom stereocenters. The van der Waals surface area contributed by atoms with Gasteiger partial charge < -0.3 is 9.47 Å². The van der Waals surface area contributed by atoms with Crippen LogP contribution >= 0.6 is 0 Å². The number of carbonyl (C=O) groups excluding carboxylic acids is 4. The summed E-state index contributed by atoms with van der Waals surface area (Å²) >= 11 is 0. The van der Waals surface area contributed by atoms with Crippen LogP contribution in [0, 0.1) is 17.3 Å². The van der Waals surface area contributed by atoms with Crippen molar-refractivity contribution in [1.82, 2.24) is 0 Å². The summed E-state index contributed by atoms with van der Waals surface area (Å²) in [7, 11) is 0. The van der Waals surface area contributed by atoms with Gasteiger partial charge in [0.15, 0.2) is 5.60 Å². The van der Waals surface area contributed by atoms with Crippen LogP contribution in [0.5, 0.6) is 0 Å². The topological polar surface area (TPSA) is 86.7 Å². The molecule has 2 rings (SSSR count). The summed E-state index contributed by atoms with van der Waals surface area (Å²) in [6.07, 6.45) is 4.91. The zero-order valence-corrected chi connectivity index (χ0v) is 19.9. The molecule has 2 aliphatic carbocycles. The van der Waals surface area contributed by atoms with E-state index in [2.05, 4.69) is 0 Å². The van der Waals surface area contributed by atoms with Crippen molar-refractivity contribution < 1.29 is 28.7 Å². The first-order valence-electron chi connectivity index (χ1n) is 11.1. The molecule has 0 aliphatic heterocycles. The molecule has 0 N–H and O–H groups in total. The highest BCUT2D eigenvalue weighted by atomic mass is 16.6. The minimum absolute atomic E-state index is 0.136. The van der Waals surface area contributed by atoms with E-state index in [1.165, 1.54) is 6.92 Å². The molecule has 6 heteroatoms. The Kier molecular flexibility index (Phi) is 7.66. The predicted octanol–water partition coefficient (Wildman–Crippen LogP) is 4.51. The average molecular weight is 433 g/mol. The normalized spacial score (nSPS) is 34.9. The fraction of sp³-hybridized carbons (Fsp3) is 0.680. The molecule has 0 amide bonds. The van der Waals surface area contributed by atoms with E-state index in [1.54, 1.807) is 19.9 Å². The summed E-state index contributed by atoms with van der Waals surface area (Å²) < 4.78 is 11.5. The zero-order chi connectivity index (χ0) is 23.6. The van der Waals surface area contributed by atoms with Crippen molar-refractivity contribution in [2.24, 2.45) is 17.3 Å². The van der Waals surface area contributed by atoms with Crippen LogP contribution in [0.1, 0.15) is 80.6 Å². The lowest BCUT2D eigenvalue weighted by atomic mass is 9.77. The molecule has 172 valence electrons.